The Hall–Kier alpha value is -1.84. The van der Waals surface area contributed by atoms with Crippen LogP contribution in [0.5, 0.6) is 5.75 Å². The van der Waals surface area contributed by atoms with Crippen LogP contribution in [0.25, 0.3) is 6.08 Å². The minimum Gasteiger partial charge on any atom is -0.489 e. The number of thioether (sulfide) groups is 1. The van der Waals surface area contributed by atoms with E-state index in [9.17, 15) is 0 Å². The molecule has 0 unspecified atom stereocenters. The third kappa shape index (κ3) is 20.4. The lowest BCUT2D eigenvalue weighted by Gasteiger charge is -2.12. The van der Waals surface area contributed by atoms with E-state index in [1.165, 1.54) is 40.0 Å². The van der Waals surface area contributed by atoms with Gasteiger partial charge < -0.3 is 4.74 Å². The predicted molar refractivity (Wildman–Crippen MR) is 175 cm³/mol. The molecule has 1 nitrogen and oxygen atoms in total. The zero-order valence-corrected chi connectivity index (χ0v) is 26.8. The molecule has 2 aromatic rings. The minimum atomic E-state index is 0.600. The molecule has 204 valence electrons. The van der Waals surface area contributed by atoms with E-state index in [2.05, 4.69) is 89.7 Å². The molecular weight excluding hydrogens is 476 g/mol. The SMILES string of the molecule is C=CC.CC.CC.CC/C(=C/c1ccc(OCc2ccc(C)cc2)c(CC)c1)SC(C)=S.CCCC. The Bertz CT molecular complexity index is 818. The van der Waals surface area contributed by atoms with Crippen LogP contribution in [-0.4, -0.2) is 4.20 Å². The van der Waals surface area contributed by atoms with Gasteiger partial charge in [-0.2, -0.15) is 0 Å². The van der Waals surface area contributed by atoms with Crippen molar-refractivity contribution in [2.75, 3.05) is 0 Å². The van der Waals surface area contributed by atoms with Crippen molar-refractivity contribution < 1.29 is 4.74 Å². The maximum Gasteiger partial charge on any atom is 0.123 e. The van der Waals surface area contributed by atoms with Gasteiger partial charge in [0.1, 0.15) is 12.4 Å². The lowest BCUT2D eigenvalue weighted by molar-refractivity contribution is 0.303. The summed E-state index contributed by atoms with van der Waals surface area (Å²) in [6.07, 6.45) is 8.56. The summed E-state index contributed by atoms with van der Waals surface area (Å²) in [5, 5.41) is 0. The Morgan fingerprint density at radius 3 is 1.89 bits per heavy atom. The monoisotopic (exact) mass is 530 g/mol. The van der Waals surface area contributed by atoms with Gasteiger partial charge in [0.25, 0.3) is 0 Å². The molecule has 0 saturated carbocycles. The summed E-state index contributed by atoms with van der Waals surface area (Å²) >= 11 is 6.90. The van der Waals surface area contributed by atoms with Gasteiger partial charge in [-0.1, -0.05) is 134 Å². The molecule has 0 N–H and O–H groups in total. The van der Waals surface area contributed by atoms with Crippen LogP contribution in [0.4, 0.5) is 0 Å². The largest absolute Gasteiger partial charge is 0.489 e. The van der Waals surface area contributed by atoms with E-state index in [1.807, 2.05) is 41.5 Å². The first-order valence-electron chi connectivity index (χ1n) is 13.6. The predicted octanol–water partition coefficient (Wildman–Crippen LogP) is 12.0. The van der Waals surface area contributed by atoms with E-state index in [0.717, 1.165) is 22.8 Å². The van der Waals surface area contributed by atoms with Crippen LogP contribution in [-0.2, 0) is 13.0 Å². The number of aryl methyl sites for hydroxylation is 2. The topological polar surface area (TPSA) is 9.23 Å². The summed E-state index contributed by atoms with van der Waals surface area (Å²) in [6, 6.07) is 14.9. The summed E-state index contributed by atoms with van der Waals surface area (Å²) in [4.78, 5) is 1.29. The summed E-state index contributed by atoms with van der Waals surface area (Å²) in [5.74, 6) is 0.969. The lowest BCUT2D eigenvalue weighted by atomic mass is 10.1. The molecular formula is C33H54OS2. The van der Waals surface area contributed by atoms with Gasteiger partial charge in [-0.05, 0) is 73.4 Å². The van der Waals surface area contributed by atoms with Crippen LogP contribution in [0, 0.1) is 6.92 Å². The van der Waals surface area contributed by atoms with E-state index in [0.29, 0.717) is 6.61 Å². The van der Waals surface area contributed by atoms with Crippen molar-refractivity contribution in [2.24, 2.45) is 0 Å². The van der Waals surface area contributed by atoms with E-state index in [1.54, 1.807) is 17.8 Å². The van der Waals surface area contributed by atoms with Gasteiger partial charge >= 0.3 is 0 Å². The number of benzene rings is 2. The Kier molecular flexibility index (Phi) is 29.8. The van der Waals surface area contributed by atoms with E-state index in [-0.39, 0.29) is 0 Å². The average Bonchev–Trinajstić information content (AvgIpc) is 2.91. The molecule has 36 heavy (non-hydrogen) atoms. The minimum absolute atomic E-state index is 0.600. The van der Waals surface area contributed by atoms with Gasteiger partial charge in [0.05, 0.1) is 0 Å². The molecule has 3 heteroatoms. The van der Waals surface area contributed by atoms with Gasteiger partial charge in [0, 0.05) is 4.20 Å². The number of hydrogen-bond acceptors (Lipinski definition) is 3. The fourth-order valence-corrected chi connectivity index (χ4v) is 3.56. The molecule has 0 bridgehead atoms. The van der Waals surface area contributed by atoms with E-state index in [4.69, 9.17) is 17.0 Å². The van der Waals surface area contributed by atoms with Crippen molar-refractivity contribution in [1.82, 2.24) is 0 Å². The average molecular weight is 531 g/mol. The van der Waals surface area contributed by atoms with Crippen molar-refractivity contribution in [1.29, 1.82) is 0 Å². The standard InChI is InChI=1S/C22H26OS2.C4H10.C3H6.2C2H6/c1-5-20-13-19(14-21(6-2)25-17(4)24)11-12-22(20)23-15-18-9-7-16(3)8-10-18;1-3-4-2;1-3-2;2*1-2/h7-14H,5-6,15H2,1-4H3;3-4H2,1-2H3;3H,1H2,2H3;2*1-2H3/b21-14-;;;;. The second-order valence-corrected chi connectivity index (χ2v) is 9.67. The summed E-state index contributed by atoms with van der Waals surface area (Å²) < 4.78 is 7.02. The van der Waals surface area contributed by atoms with Crippen LogP contribution < -0.4 is 4.74 Å². The van der Waals surface area contributed by atoms with E-state index >= 15 is 0 Å². The molecule has 0 aliphatic rings. The maximum absolute atomic E-state index is 6.06. The Morgan fingerprint density at radius 1 is 0.944 bits per heavy atom. The molecule has 0 atom stereocenters. The zero-order valence-electron chi connectivity index (χ0n) is 25.2. The first-order valence-corrected chi connectivity index (χ1v) is 14.8. The second-order valence-electron chi connectivity index (χ2n) is 7.46. The molecule has 0 fully saturated rings. The summed E-state index contributed by atoms with van der Waals surface area (Å²) in [5.41, 5.74) is 4.91. The molecule has 0 radical (unpaired) electrons. The molecule has 0 amide bonds. The fraction of sp³-hybridized carbons (Fsp3) is 0.485. The van der Waals surface area contributed by atoms with Crippen LogP contribution in [0.15, 0.2) is 60.0 Å². The normalized spacial score (nSPS) is 9.47. The van der Waals surface area contributed by atoms with E-state index < -0.39 is 0 Å². The third-order valence-electron chi connectivity index (χ3n) is 4.43. The smallest absolute Gasteiger partial charge is 0.123 e. The first kappa shape index (κ1) is 38.7. The molecule has 0 aliphatic heterocycles. The zero-order chi connectivity index (χ0) is 28.4. The summed E-state index contributed by atoms with van der Waals surface area (Å²) in [6.45, 7) is 26.6. The molecule has 2 aromatic carbocycles. The number of thiocarbonyl (C=S) groups is 1. The van der Waals surface area contributed by atoms with Crippen LogP contribution in [0.2, 0.25) is 0 Å². The highest BCUT2D eigenvalue weighted by Gasteiger charge is 2.05. The Balaban J connectivity index is -0.000000850. The van der Waals surface area contributed by atoms with Crippen LogP contribution in [0.3, 0.4) is 0 Å². The number of allylic oxidation sites excluding steroid dienone is 2. The molecule has 0 saturated heterocycles. The Labute approximate surface area is 234 Å². The fourth-order valence-electron chi connectivity index (χ4n) is 2.53. The first-order chi connectivity index (χ1) is 17.3. The van der Waals surface area contributed by atoms with Gasteiger partial charge in [0.2, 0.25) is 0 Å². The van der Waals surface area contributed by atoms with Crippen molar-refractivity contribution in [2.45, 2.75) is 108 Å². The quantitative estimate of drug-likeness (QED) is 0.248. The van der Waals surface area contributed by atoms with Gasteiger partial charge in [-0.3, -0.25) is 0 Å². The van der Waals surface area contributed by atoms with Gasteiger partial charge in [-0.25, -0.2) is 0 Å². The summed E-state index contributed by atoms with van der Waals surface area (Å²) in [7, 11) is 0. The molecule has 0 heterocycles. The number of ether oxygens (including phenoxy) is 1. The van der Waals surface area contributed by atoms with Crippen molar-refractivity contribution in [3.05, 3.63) is 82.3 Å². The van der Waals surface area contributed by atoms with Crippen molar-refractivity contribution in [3.63, 3.8) is 0 Å². The van der Waals surface area contributed by atoms with Crippen LogP contribution >= 0.6 is 24.0 Å². The highest BCUT2D eigenvalue weighted by molar-refractivity contribution is 8.25. The van der Waals surface area contributed by atoms with Crippen LogP contribution in [0.1, 0.15) is 111 Å². The van der Waals surface area contributed by atoms with Crippen molar-refractivity contribution >= 4 is 34.3 Å². The Morgan fingerprint density at radius 2 is 1.47 bits per heavy atom. The number of unbranched alkanes of at least 4 members (excludes halogenated alkanes) is 1. The van der Waals surface area contributed by atoms with Gasteiger partial charge in [0.15, 0.2) is 0 Å². The number of rotatable bonds is 8. The molecule has 0 spiro atoms. The highest BCUT2D eigenvalue weighted by atomic mass is 32.2. The van der Waals surface area contributed by atoms with Crippen molar-refractivity contribution in [3.8, 4) is 5.75 Å². The molecule has 0 aliphatic carbocycles. The highest BCUT2D eigenvalue weighted by Crippen LogP contribution is 2.27. The second kappa shape index (κ2) is 27.7. The molecule has 2 rings (SSSR count). The third-order valence-corrected chi connectivity index (χ3v) is 5.64. The maximum atomic E-state index is 6.06. The van der Waals surface area contributed by atoms with Gasteiger partial charge in [-0.15, -0.1) is 6.58 Å². The molecule has 0 aromatic heterocycles. The number of hydrogen-bond donors (Lipinski definition) is 0. The lowest BCUT2D eigenvalue weighted by Crippen LogP contribution is -1.98.